The number of carbonyl (C=O) groups is 1. The molecule has 1 aliphatic heterocycles. The minimum Gasteiger partial charge on any atom is -0.444 e. The summed E-state index contributed by atoms with van der Waals surface area (Å²) in [5.74, 6) is 0. The molecule has 18 heavy (non-hydrogen) atoms. The van der Waals surface area contributed by atoms with Crippen LogP contribution in [0.2, 0.25) is 0 Å². The number of hydrogen-bond acceptors (Lipinski definition) is 3. The molecule has 2 rings (SSSR count). The Hall–Kier alpha value is -1.03. The van der Waals surface area contributed by atoms with Gasteiger partial charge in [0.05, 0.1) is 0 Å². The minimum atomic E-state index is -0.413. The van der Waals surface area contributed by atoms with Gasteiger partial charge in [-0.15, -0.1) is 11.3 Å². The lowest BCUT2D eigenvalue weighted by molar-refractivity contribution is 0.0258. The minimum absolute atomic E-state index is 0.185. The van der Waals surface area contributed by atoms with Gasteiger partial charge >= 0.3 is 6.09 Å². The molecule has 2 heterocycles. The monoisotopic (exact) mass is 267 g/mol. The summed E-state index contributed by atoms with van der Waals surface area (Å²) >= 11 is 1.81. The van der Waals surface area contributed by atoms with Crippen LogP contribution in [0.1, 0.15) is 36.8 Å². The molecule has 0 aliphatic carbocycles. The molecule has 0 radical (unpaired) electrons. The number of nitrogens with zero attached hydrogens (tertiary/aromatic N) is 1. The van der Waals surface area contributed by atoms with Gasteiger partial charge in [0.25, 0.3) is 0 Å². The van der Waals surface area contributed by atoms with Crippen molar-refractivity contribution < 1.29 is 9.53 Å². The van der Waals surface area contributed by atoms with E-state index in [9.17, 15) is 4.79 Å². The molecule has 1 amide bonds. The predicted molar refractivity (Wildman–Crippen MR) is 74.3 cm³/mol. The zero-order valence-electron chi connectivity index (χ0n) is 11.6. The van der Waals surface area contributed by atoms with Crippen LogP contribution in [0.15, 0.2) is 5.38 Å². The van der Waals surface area contributed by atoms with Gasteiger partial charge in [0.2, 0.25) is 0 Å². The van der Waals surface area contributed by atoms with Crippen LogP contribution in [0.5, 0.6) is 0 Å². The molecule has 0 bridgehead atoms. The number of fused-ring (bicyclic) bond motifs is 1. The van der Waals surface area contributed by atoms with Gasteiger partial charge in [0, 0.05) is 18.0 Å². The molecular formula is C14H21NO2S. The Balaban J connectivity index is 2.02. The van der Waals surface area contributed by atoms with E-state index in [-0.39, 0.29) is 6.09 Å². The van der Waals surface area contributed by atoms with Gasteiger partial charge < -0.3 is 9.64 Å². The number of rotatable bonds is 0. The summed E-state index contributed by atoms with van der Waals surface area (Å²) in [6, 6.07) is 0. The number of carbonyl (C=O) groups excluding carboxylic acids is 1. The first-order valence-corrected chi connectivity index (χ1v) is 7.28. The third kappa shape index (κ3) is 3.05. The van der Waals surface area contributed by atoms with Crippen LogP contribution in [0.4, 0.5) is 4.79 Å². The van der Waals surface area contributed by atoms with E-state index in [0.29, 0.717) is 0 Å². The number of aryl methyl sites for hydroxylation is 1. The van der Waals surface area contributed by atoms with E-state index in [2.05, 4.69) is 12.3 Å². The third-order valence-corrected chi connectivity index (χ3v) is 4.29. The highest BCUT2D eigenvalue weighted by Crippen LogP contribution is 2.26. The molecule has 0 saturated carbocycles. The lowest BCUT2D eigenvalue weighted by Crippen LogP contribution is -2.38. The van der Waals surface area contributed by atoms with Crippen molar-refractivity contribution in [3.05, 3.63) is 21.4 Å². The van der Waals surface area contributed by atoms with E-state index < -0.39 is 5.60 Å². The van der Waals surface area contributed by atoms with Crippen molar-refractivity contribution in [2.24, 2.45) is 0 Å². The molecule has 0 spiro atoms. The van der Waals surface area contributed by atoms with Gasteiger partial charge in [-0.1, -0.05) is 0 Å². The van der Waals surface area contributed by atoms with Crippen molar-refractivity contribution >= 4 is 17.4 Å². The van der Waals surface area contributed by atoms with E-state index in [1.807, 2.05) is 37.0 Å². The van der Waals surface area contributed by atoms with Gasteiger partial charge in [-0.05, 0) is 57.0 Å². The Kier molecular flexibility index (Phi) is 3.66. The Labute approximate surface area is 113 Å². The summed E-state index contributed by atoms with van der Waals surface area (Å²) in [5, 5.41) is 2.22. The van der Waals surface area contributed by atoms with E-state index in [4.69, 9.17) is 4.74 Å². The molecular weight excluding hydrogens is 246 g/mol. The van der Waals surface area contributed by atoms with Crippen molar-refractivity contribution in [1.82, 2.24) is 4.90 Å². The quantitative estimate of drug-likeness (QED) is 0.721. The highest BCUT2D eigenvalue weighted by molar-refractivity contribution is 7.10. The normalized spacial score (nSPS) is 16.1. The maximum atomic E-state index is 12.0. The molecule has 0 fully saturated rings. The molecule has 4 heteroatoms. The lowest BCUT2D eigenvalue weighted by atomic mass is 10.1. The number of ether oxygens (including phenoxy) is 1. The fourth-order valence-electron chi connectivity index (χ4n) is 2.17. The van der Waals surface area contributed by atoms with Crippen molar-refractivity contribution in [3.8, 4) is 0 Å². The summed E-state index contributed by atoms with van der Waals surface area (Å²) in [6.07, 6.45) is 1.71. The van der Waals surface area contributed by atoms with Gasteiger partial charge in [-0.2, -0.15) is 0 Å². The van der Waals surface area contributed by atoms with Gasteiger partial charge in [0.1, 0.15) is 5.60 Å². The van der Waals surface area contributed by atoms with E-state index >= 15 is 0 Å². The van der Waals surface area contributed by atoms with E-state index in [1.54, 1.807) is 0 Å². The highest BCUT2D eigenvalue weighted by Gasteiger charge is 2.24. The SMILES string of the molecule is Cc1csc2c1CCN(C(=O)OC(C)(C)C)CC2. The first kappa shape index (κ1) is 13.4. The fraction of sp³-hybridized carbons (Fsp3) is 0.643. The molecule has 1 aliphatic rings. The second-order valence-corrected chi connectivity index (χ2v) is 6.75. The van der Waals surface area contributed by atoms with Crippen LogP contribution < -0.4 is 0 Å². The van der Waals surface area contributed by atoms with Crippen LogP contribution in [-0.2, 0) is 17.6 Å². The van der Waals surface area contributed by atoms with Crippen molar-refractivity contribution in [3.63, 3.8) is 0 Å². The van der Waals surface area contributed by atoms with Gasteiger partial charge in [-0.3, -0.25) is 0 Å². The van der Waals surface area contributed by atoms with Crippen molar-refractivity contribution in [1.29, 1.82) is 0 Å². The second-order valence-electron chi connectivity index (χ2n) is 5.79. The lowest BCUT2D eigenvalue weighted by Gasteiger charge is -2.26. The summed E-state index contributed by atoms with van der Waals surface area (Å²) in [4.78, 5) is 15.3. The average molecular weight is 267 g/mol. The Bertz CT molecular complexity index is 445. The van der Waals surface area contributed by atoms with Crippen LogP contribution in [-0.4, -0.2) is 29.7 Å². The summed E-state index contributed by atoms with van der Waals surface area (Å²) in [5.41, 5.74) is 2.39. The zero-order valence-corrected chi connectivity index (χ0v) is 12.4. The topological polar surface area (TPSA) is 29.5 Å². The standard InChI is InChI=1S/C14H21NO2S/c1-10-9-18-12-6-8-15(7-5-11(10)12)13(16)17-14(2,3)4/h9H,5-8H2,1-4H3. The summed E-state index contributed by atoms with van der Waals surface area (Å²) in [7, 11) is 0. The highest BCUT2D eigenvalue weighted by atomic mass is 32.1. The Morgan fingerprint density at radius 1 is 1.33 bits per heavy atom. The third-order valence-electron chi connectivity index (χ3n) is 3.08. The summed E-state index contributed by atoms with van der Waals surface area (Å²) in [6.45, 7) is 9.40. The molecule has 0 unspecified atom stereocenters. The molecule has 1 aromatic heterocycles. The van der Waals surface area contributed by atoms with Gasteiger partial charge in [0.15, 0.2) is 0 Å². The zero-order chi connectivity index (χ0) is 13.3. The van der Waals surface area contributed by atoms with Gasteiger partial charge in [-0.25, -0.2) is 4.79 Å². The number of thiophene rings is 1. The summed E-state index contributed by atoms with van der Waals surface area (Å²) < 4.78 is 5.43. The Morgan fingerprint density at radius 3 is 2.67 bits per heavy atom. The maximum absolute atomic E-state index is 12.0. The largest absolute Gasteiger partial charge is 0.444 e. The molecule has 0 atom stereocenters. The van der Waals surface area contributed by atoms with Crippen LogP contribution in [0, 0.1) is 6.92 Å². The second kappa shape index (κ2) is 4.92. The molecule has 0 saturated heterocycles. The van der Waals surface area contributed by atoms with Crippen molar-refractivity contribution in [2.45, 2.75) is 46.1 Å². The van der Waals surface area contributed by atoms with Crippen molar-refractivity contribution in [2.75, 3.05) is 13.1 Å². The smallest absolute Gasteiger partial charge is 0.410 e. The molecule has 0 aromatic carbocycles. The van der Waals surface area contributed by atoms with Crippen LogP contribution in [0.25, 0.3) is 0 Å². The van der Waals surface area contributed by atoms with E-state index in [1.165, 1.54) is 16.0 Å². The fourth-order valence-corrected chi connectivity index (χ4v) is 3.25. The van der Waals surface area contributed by atoms with E-state index in [0.717, 1.165) is 25.9 Å². The first-order valence-electron chi connectivity index (χ1n) is 6.40. The molecule has 100 valence electrons. The van der Waals surface area contributed by atoms with Crippen LogP contribution in [0.3, 0.4) is 0 Å². The number of hydrogen-bond donors (Lipinski definition) is 0. The maximum Gasteiger partial charge on any atom is 0.410 e. The van der Waals surface area contributed by atoms with Crippen LogP contribution >= 0.6 is 11.3 Å². The average Bonchev–Trinajstić information content (AvgIpc) is 2.48. The number of amides is 1. The first-order chi connectivity index (χ1) is 8.37. The molecule has 3 nitrogen and oxygen atoms in total. The Morgan fingerprint density at radius 2 is 2.00 bits per heavy atom. The predicted octanol–water partition coefficient (Wildman–Crippen LogP) is 3.39. The molecule has 1 aromatic rings. The molecule has 0 N–H and O–H groups in total.